The fourth-order valence-electron chi connectivity index (χ4n) is 3.49. The smallest absolute Gasteiger partial charge is 0.303 e. The van der Waals surface area contributed by atoms with E-state index in [0.717, 1.165) is 26.3 Å². The average Bonchev–Trinajstić information content (AvgIpc) is 2.80. The molecule has 1 aromatic rings. The molecule has 1 saturated heterocycles. The lowest BCUT2D eigenvalue weighted by atomic mass is 9.98. The zero-order chi connectivity index (χ0) is 26.7. The van der Waals surface area contributed by atoms with E-state index in [-0.39, 0.29) is 13.2 Å². The Labute approximate surface area is 209 Å². The first-order valence-electron chi connectivity index (χ1n) is 11.4. The molecular formula is C25H32O11. The molecule has 0 unspecified atom stereocenters. The monoisotopic (exact) mass is 508 g/mol. The minimum Gasteiger partial charge on any atom is -0.463 e. The van der Waals surface area contributed by atoms with Crippen LogP contribution in [0.3, 0.4) is 0 Å². The van der Waals surface area contributed by atoms with Gasteiger partial charge >= 0.3 is 23.9 Å². The van der Waals surface area contributed by atoms with E-state index >= 15 is 0 Å². The van der Waals surface area contributed by atoms with Crippen molar-refractivity contribution in [2.24, 2.45) is 0 Å². The van der Waals surface area contributed by atoms with Crippen LogP contribution in [0.25, 0.3) is 6.08 Å². The SMILES string of the molecule is CCO[C@H](/C=C\c1ccccc1)O[C@@H]1O[C@H](COC(C)=O)[C@@H](OC(C)=O)[C@H](OC(C)=O)[C@H]1OC(C)=O. The third kappa shape index (κ3) is 9.40. The molecule has 6 atom stereocenters. The van der Waals surface area contributed by atoms with Gasteiger partial charge in [0.15, 0.2) is 24.6 Å². The summed E-state index contributed by atoms with van der Waals surface area (Å²) in [6, 6.07) is 9.39. The lowest BCUT2D eigenvalue weighted by Crippen LogP contribution is -2.63. The number of carbonyl (C=O) groups is 4. The van der Waals surface area contributed by atoms with Crippen LogP contribution in [0.15, 0.2) is 36.4 Å². The molecule has 1 aliphatic heterocycles. The van der Waals surface area contributed by atoms with Crippen molar-refractivity contribution in [3.8, 4) is 0 Å². The van der Waals surface area contributed by atoms with Crippen LogP contribution in [0.5, 0.6) is 0 Å². The van der Waals surface area contributed by atoms with E-state index < -0.39 is 60.9 Å². The van der Waals surface area contributed by atoms with Crippen LogP contribution >= 0.6 is 0 Å². The Hall–Kier alpha value is -3.28. The number of rotatable bonds is 11. The largest absolute Gasteiger partial charge is 0.463 e. The first-order chi connectivity index (χ1) is 17.1. The second-order valence-corrected chi connectivity index (χ2v) is 7.80. The molecule has 11 nitrogen and oxygen atoms in total. The van der Waals surface area contributed by atoms with Crippen molar-refractivity contribution >= 4 is 30.0 Å². The Morgan fingerprint density at radius 1 is 0.861 bits per heavy atom. The van der Waals surface area contributed by atoms with Gasteiger partial charge in [0.2, 0.25) is 6.29 Å². The zero-order valence-corrected chi connectivity index (χ0v) is 20.9. The summed E-state index contributed by atoms with van der Waals surface area (Å²) in [7, 11) is 0. The van der Waals surface area contributed by atoms with Crippen LogP contribution < -0.4 is 0 Å². The third-order valence-corrected chi connectivity index (χ3v) is 4.79. The molecule has 0 spiro atoms. The standard InChI is InChI=1S/C25H32O11/c1-6-30-21(13-12-19-10-8-7-9-11-19)36-25-24(34-18(5)29)23(33-17(4)28)22(32-16(3)27)20(35-25)14-31-15(2)26/h7-13,20-25H,6,14H2,1-5H3/b13-12-/t20-,21+,22-,23+,24-,25+/m1/s1. The number of hydrogen-bond acceptors (Lipinski definition) is 11. The molecular weight excluding hydrogens is 476 g/mol. The molecule has 198 valence electrons. The summed E-state index contributed by atoms with van der Waals surface area (Å²) in [5.74, 6) is -2.78. The maximum Gasteiger partial charge on any atom is 0.303 e. The third-order valence-electron chi connectivity index (χ3n) is 4.79. The zero-order valence-electron chi connectivity index (χ0n) is 20.9. The number of carbonyl (C=O) groups excluding carboxylic acids is 4. The van der Waals surface area contributed by atoms with Gasteiger partial charge in [-0.25, -0.2) is 0 Å². The van der Waals surface area contributed by atoms with Crippen molar-refractivity contribution in [1.82, 2.24) is 0 Å². The van der Waals surface area contributed by atoms with Crippen LogP contribution in [-0.4, -0.2) is 74.1 Å². The Kier molecular flexibility index (Phi) is 11.5. The van der Waals surface area contributed by atoms with E-state index in [1.54, 1.807) is 19.1 Å². The molecule has 0 amide bonds. The molecule has 1 aliphatic rings. The van der Waals surface area contributed by atoms with Crippen molar-refractivity contribution in [1.29, 1.82) is 0 Å². The molecule has 1 aromatic carbocycles. The van der Waals surface area contributed by atoms with Gasteiger partial charge in [0.05, 0.1) is 0 Å². The first-order valence-corrected chi connectivity index (χ1v) is 11.4. The number of ether oxygens (including phenoxy) is 7. The summed E-state index contributed by atoms with van der Waals surface area (Å²) in [5, 5.41) is 0. The van der Waals surface area contributed by atoms with Crippen LogP contribution in [0, 0.1) is 0 Å². The Morgan fingerprint density at radius 2 is 1.44 bits per heavy atom. The Bertz CT molecular complexity index is 914. The van der Waals surface area contributed by atoms with Gasteiger partial charge in [-0.1, -0.05) is 36.4 Å². The van der Waals surface area contributed by atoms with Gasteiger partial charge in [-0.15, -0.1) is 0 Å². The van der Waals surface area contributed by atoms with Crippen molar-refractivity contribution < 1.29 is 52.3 Å². The van der Waals surface area contributed by atoms with Crippen molar-refractivity contribution in [3.05, 3.63) is 42.0 Å². The van der Waals surface area contributed by atoms with Crippen molar-refractivity contribution in [2.75, 3.05) is 13.2 Å². The highest BCUT2D eigenvalue weighted by molar-refractivity contribution is 5.68. The number of hydrogen-bond donors (Lipinski definition) is 0. The minimum absolute atomic E-state index is 0.273. The highest BCUT2D eigenvalue weighted by Gasteiger charge is 2.53. The Balaban J connectivity index is 2.41. The predicted molar refractivity (Wildman–Crippen MR) is 124 cm³/mol. The molecule has 0 N–H and O–H groups in total. The number of esters is 4. The lowest BCUT2D eigenvalue weighted by molar-refractivity contribution is -0.332. The van der Waals surface area contributed by atoms with Crippen molar-refractivity contribution in [3.63, 3.8) is 0 Å². The van der Waals surface area contributed by atoms with Gasteiger partial charge in [-0.3, -0.25) is 19.2 Å². The van der Waals surface area contributed by atoms with Gasteiger partial charge in [-0.2, -0.15) is 0 Å². The van der Waals surface area contributed by atoms with Gasteiger partial charge in [-0.05, 0) is 18.6 Å². The molecule has 0 bridgehead atoms. The summed E-state index contributed by atoms with van der Waals surface area (Å²) < 4.78 is 38.8. The molecule has 36 heavy (non-hydrogen) atoms. The second kappa shape index (κ2) is 14.3. The quantitative estimate of drug-likeness (QED) is 0.247. The normalized spacial score (nSPS) is 24.5. The molecule has 11 heteroatoms. The van der Waals surface area contributed by atoms with Gasteiger partial charge < -0.3 is 33.2 Å². The molecule has 0 radical (unpaired) electrons. The van der Waals surface area contributed by atoms with E-state index in [9.17, 15) is 19.2 Å². The summed E-state index contributed by atoms with van der Waals surface area (Å²) >= 11 is 0. The fraction of sp³-hybridized carbons (Fsp3) is 0.520. The lowest BCUT2D eigenvalue weighted by Gasteiger charge is -2.44. The summed E-state index contributed by atoms with van der Waals surface area (Å²) in [6.07, 6.45) is -3.94. The van der Waals surface area contributed by atoms with Gasteiger partial charge in [0.25, 0.3) is 0 Å². The van der Waals surface area contributed by atoms with E-state index in [4.69, 9.17) is 33.2 Å². The van der Waals surface area contributed by atoms with E-state index in [1.807, 2.05) is 30.3 Å². The topological polar surface area (TPSA) is 133 Å². The maximum absolute atomic E-state index is 11.9. The fourth-order valence-corrected chi connectivity index (χ4v) is 3.49. The van der Waals surface area contributed by atoms with E-state index in [0.29, 0.717) is 0 Å². The van der Waals surface area contributed by atoms with Crippen LogP contribution in [-0.2, 0) is 52.3 Å². The molecule has 0 aliphatic carbocycles. The van der Waals surface area contributed by atoms with Crippen LogP contribution in [0.2, 0.25) is 0 Å². The van der Waals surface area contributed by atoms with Gasteiger partial charge in [0, 0.05) is 34.3 Å². The summed E-state index contributed by atoms with van der Waals surface area (Å²) in [5.41, 5.74) is 0.882. The second-order valence-electron chi connectivity index (χ2n) is 7.80. The first kappa shape index (κ1) is 29.0. The average molecular weight is 509 g/mol. The molecule has 0 saturated carbocycles. The van der Waals surface area contributed by atoms with Crippen molar-refractivity contribution in [2.45, 2.75) is 71.6 Å². The molecule has 1 fully saturated rings. The molecule has 2 rings (SSSR count). The van der Waals surface area contributed by atoms with E-state index in [1.165, 1.54) is 6.92 Å². The summed E-state index contributed by atoms with van der Waals surface area (Å²) in [4.78, 5) is 47.1. The minimum atomic E-state index is -1.34. The predicted octanol–water partition coefficient (Wildman–Crippen LogP) is 2.16. The number of benzene rings is 1. The highest BCUT2D eigenvalue weighted by atomic mass is 16.8. The van der Waals surface area contributed by atoms with Crippen LogP contribution in [0.1, 0.15) is 40.2 Å². The molecule has 1 heterocycles. The Morgan fingerprint density at radius 3 is 2.00 bits per heavy atom. The van der Waals surface area contributed by atoms with E-state index in [2.05, 4.69) is 0 Å². The molecule has 0 aromatic heterocycles. The maximum atomic E-state index is 11.9. The summed E-state index contributed by atoms with van der Waals surface area (Å²) in [6.45, 7) is 6.33. The highest BCUT2D eigenvalue weighted by Crippen LogP contribution is 2.31. The van der Waals surface area contributed by atoms with Crippen LogP contribution in [0.4, 0.5) is 0 Å². The van der Waals surface area contributed by atoms with Gasteiger partial charge in [0.1, 0.15) is 12.7 Å².